The van der Waals surface area contributed by atoms with E-state index in [4.69, 9.17) is 5.73 Å². The summed E-state index contributed by atoms with van der Waals surface area (Å²) in [5.41, 5.74) is 6.28. The molecule has 0 bridgehead atoms. The maximum atomic E-state index is 5.57. The average Bonchev–Trinajstić information content (AvgIpc) is 1.84. The summed E-state index contributed by atoms with van der Waals surface area (Å²) in [6.45, 7) is 7.53. The van der Waals surface area contributed by atoms with Gasteiger partial charge in [0.25, 0.3) is 0 Å². The van der Waals surface area contributed by atoms with Gasteiger partial charge in [-0.1, -0.05) is 13.2 Å². The van der Waals surface area contributed by atoms with Gasteiger partial charge in [0.1, 0.15) is 0 Å². The summed E-state index contributed by atoms with van der Waals surface area (Å²) in [6.07, 6.45) is 0. The molecule has 0 amide bonds. The van der Waals surface area contributed by atoms with Crippen molar-refractivity contribution in [1.82, 2.24) is 0 Å². The van der Waals surface area contributed by atoms with E-state index < -0.39 is 0 Å². The second-order valence-corrected chi connectivity index (χ2v) is 3.00. The molecule has 0 aliphatic carbocycles. The van der Waals surface area contributed by atoms with Gasteiger partial charge in [-0.15, -0.1) is 0 Å². The van der Waals surface area contributed by atoms with Crippen LogP contribution in [0.3, 0.4) is 0 Å². The fourth-order valence-corrected chi connectivity index (χ4v) is 1.07. The predicted molar refractivity (Wildman–Crippen MR) is 48.8 cm³/mol. The second kappa shape index (κ2) is 2.46. The SMILES string of the molecule is C=c1cc(N)c(Br)cc1=C. The summed E-state index contributed by atoms with van der Waals surface area (Å²) in [5.74, 6) is 0. The third kappa shape index (κ3) is 1.21. The summed E-state index contributed by atoms with van der Waals surface area (Å²) in [4.78, 5) is 0. The molecule has 1 aromatic carbocycles. The largest absolute Gasteiger partial charge is 0.398 e. The van der Waals surface area contributed by atoms with Gasteiger partial charge in [0.05, 0.1) is 0 Å². The Labute approximate surface area is 68.0 Å². The molecule has 0 aliphatic rings. The van der Waals surface area contributed by atoms with Gasteiger partial charge in [-0.2, -0.15) is 0 Å². The maximum Gasteiger partial charge on any atom is 0.0464 e. The highest BCUT2D eigenvalue weighted by Gasteiger charge is 1.91. The zero-order chi connectivity index (χ0) is 7.72. The summed E-state index contributed by atoms with van der Waals surface area (Å²) in [7, 11) is 0. The van der Waals surface area contributed by atoms with Crippen LogP contribution >= 0.6 is 15.9 Å². The summed E-state index contributed by atoms with van der Waals surface area (Å²) < 4.78 is 0.880. The quantitative estimate of drug-likeness (QED) is 0.614. The molecule has 0 unspecified atom stereocenters. The predicted octanol–water partition coefficient (Wildman–Crippen LogP) is 0.852. The Bertz CT molecular complexity index is 308. The van der Waals surface area contributed by atoms with Crippen LogP contribution in [0, 0.1) is 0 Å². The Balaban J connectivity index is 3.59. The third-order valence-electron chi connectivity index (χ3n) is 1.32. The van der Waals surface area contributed by atoms with Crippen LogP contribution in [0.15, 0.2) is 16.6 Å². The van der Waals surface area contributed by atoms with Crippen molar-refractivity contribution < 1.29 is 0 Å². The zero-order valence-electron chi connectivity index (χ0n) is 5.52. The molecule has 52 valence electrons. The lowest BCUT2D eigenvalue weighted by Gasteiger charge is -1.95. The topological polar surface area (TPSA) is 26.0 Å². The Morgan fingerprint density at radius 1 is 1.20 bits per heavy atom. The molecule has 1 nitrogen and oxygen atoms in total. The second-order valence-electron chi connectivity index (χ2n) is 2.14. The number of nitrogen functional groups attached to an aromatic ring is 1. The third-order valence-corrected chi connectivity index (χ3v) is 2.01. The average molecular weight is 198 g/mol. The molecule has 0 fully saturated rings. The van der Waals surface area contributed by atoms with Crippen molar-refractivity contribution in [3.8, 4) is 0 Å². The van der Waals surface area contributed by atoms with Crippen LogP contribution in [-0.4, -0.2) is 0 Å². The molecule has 10 heavy (non-hydrogen) atoms. The lowest BCUT2D eigenvalue weighted by atomic mass is 10.2. The van der Waals surface area contributed by atoms with Crippen molar-refractivity contribution >= 4 is 34.8 Å². The van der Waals surface area contributed by atoms with E-state index in [1.54, 1.807) is 6.07 Å². The van der Waals surface area contributed by atoms with E-state index in [1.165, 1.54) is 0 Å². The number of halogens is 1. The van der Waals surface area contributed by atoms with E-state index in [9.17, 15) is 0 Å². The van der Waals surface area contributed by atoms with E-state index in [1.807, 2.05) is 6.07 Å². The van der Waals surface area contributed by atoms with E-state index in [-0.39, 0.29) is 0 Å². The molecule has 0 saturated heterocycles. The Morgan fingerprint density at radius 2 is 1.70 bits per heavy atom. The Kier molecular flexibility index (Phi) is 1.81. The van der Waals surface area contributed by atoms with Gasteiger partial charge < -0.3 is 5.73 Å². The lowest BCUT2D eigenvalue weighted by Crippen LogP contribution is -2.21. The maximum absolute atomic E-state index is 5.57. The van der Waals surface area contributed by atoms with Crippen molar-refractivity contribution in [1.29, 1.82) is 0 Å². The van der Waals surface area contributed by atoms with Crippen molar-refractivity contribution in [2.45, 2.75) is 0 Å². The molecule has 0 spiro atoms. The Morgan fingerprint density at radius 3 is 2.20 bits per heavy atom. The van der Waals surface area contributed by atoms with Crippen LogP contribution in [-0.2, 0) is 0 Å². The number of anilines is 1. The highest BCUT2D eigenvalue weighted by molar-refractivity contribution is 9.10. The minimum atomic E-state index is 0.706. The molecule has 0 aliphatic heterocycles. The zero-order valence-corrected chi connectivity index (χ0v) is 7.11. The summed E-state index contributed by atoms with van der Waals surface area (Å²) in [6, 6.07) is 3.66. The van der Waals surface area contributed by atoms with Gasteiger partial charge in [0, 0.05) is 10.2 Å². The van der Waals surface area contributed by atoms with Crippen LogP contribution < -0.4 is 16.2 Å². The molecular weight excluding hydrogens is 190 g/mol. The van der Waals surface area contributed by atoms with Crippen LogP contribution in [0.4, 0.5) is 5.69 Å². The van der Waals surface area contributed by atoms with E-state index >= 15 is 0 Å². The molecule has 0 aromatic heterocycles. The van der Waals surface area contributed by atoms with Crippen LogP contribution in [0.5, 0.6) is 0 Å². The monoisotopic (exact) mass is 197 g/mol. The number of hydrogen-bond donors (Lipinski definition) is 1. The van der Waals surface area contributed by atoms with Gasteiger partial charge in [0.15, 0.2) is 0 Å². The van der Waals surface area contributed by atoms with Crippen molar-refractivity contribution in [2.24, 2.45) is 0 Å². The van der Waals surface area contributed by atoms with E-state index in [0.717, 1.165) is 14.9 Å². The molecule has 1 rings (SSSR count). The minimum Gasteiger partial charge on any atom is -0.398 e. The van der Waals surface area contributed by atoms with Gasteiger partial charge in [-0.05, 0) is 38.5 Å². The fourth-order valence-electron chi connectivity index (χ4n) is 0.678. The number of benzene rings is 1. The smallest absolute Gasteiger partial charge is 0.0464 e. The first-order valence-corrected chi connectivity index (χ1v) is 3.63. The van der Waals surface area contributed by atoms with E-state index in [2.05, 4.69) is 29.1 Å². The first-order valence-electron chi connectivity index (χ1n) is 2.84. The van der Waals surface area contributed by atoms with Crippen LogP contribution in [0.2, 0.25) is 0 Å². The number of nitrogens with two attached hydrogens (primary N) is 1. The Hall–Kier alpha value is -0.760. The van der Waals surface area contributed by atoms with Crippen molar-refractivity contribution in [3.63, 3.8) is 0 Å². The van der Waals surface area contributed by atoms with Gasteiger partial charge in [0.2, 0.25) is 0 Å². The standard InChI is InChI=1S/C8H8BrN/c1-5-3-7(9)8(10)4-6(5)2/h3-4H,1-2,10H2. The molecule has 0 saturated carbocycles. The highest BCUT2D eigenvalue weighted by Crippen LogP contribution is 2.12. The van der Waals surface area contributed by atoms with Crippen molar-refractivity contribution in [2.75, 3.05) is 5.73 Å². The summed E-state index contributed by atoms with van der Waals surface area (Å²) >= 11 is 3.29. The molecule has 1 aromatic rings. The normalized spacial score (nSPS) is 9.70. The summed E-state index contributed by atoms with van der Waals surface area (Å²) in [5, 5.41) is 1.78. The van der Waals surface area contributed by atoms with Gasteiger partial charge in [-0.25, -0.2) is 0 Å². The first-order chi connectivity index (χ1) is 4.61. The first kappa shape index (κ1) is 7.35. The number of rotatable bonds is 0. The highest BCUT2D eigenvalue weighted by atomic mass is 79.9. The molecular formula is C8H8BrN. The molecule has 0 atom stereocenters. The van der Waals surface area contributed by atoms with Crippen LogP contribution in [0.25, 0.3) is 13.2 Å². The molecule has 2 heteroatoms. The molecule has 0 heterocycles. The molecule has 0 radical (unpaired) electrons. The minimum absolute atomic E-state index is 0.706. The lowest BCUT2D eigenvalue weighted by molar-refractivity contribution is 1.51. The van der Waals surface area contributed by atoms with E-state index in [0.29, 0.717) is 5.69 Å². The van der Waals surface area contributed by atoms with Crippen molar-refractivity contribution in [3.05, 3.63) is 27.0 Å². The number of hydrogen-bond acceptors (Lipinski definition) is 1. The van der Waals surface area contributed by atoms with Gasteiger partial charge >= 0.3 is 0 Å². The van der Waals surface area contributed by atoms with Gasteiger partial charge in [-0.3, -0.25) is 0 Å². The fraction of sp³-hybridized carbons (Fsp3) is 0. The van der Waals surface area contributed by atoms with Crippen LogP contribution in [0.1, 0.15) is 0 Å². The molecule has 2 N–H and O–H groups in total.